The van der Waals surface area contributed by atoms with Gasteiger partial charge in [0.25, 0.3) is 5.91 Å². The van der Waals surface area contributed by atoms with Crippen LogP contribution in [0.15, 0.2) is 18.3 Å². The van der Waals surface area contributed by atoms with Crippen LogP contribution in [0.3, 0.4) is 0 Å². The Morgan fingerprint density at radius 1 is 1.64 bits per heavy atom. The van der Waals surface area contributed by atoms with Crippen molar-refractivity contribution in [1.29, 1.82) is 5.26 Å². The van der Waals surface area contributed by atoms with Crippen LogP contribution in [-0.4, -0.2) is 48.5 Å². The zero-order chi connectivity index (χ0) is 16.1. The molecular weight excluding hydrogens is 278 g/mol. The van der Waals surface area contributed by atoms with Crippen molar-refractivity contribution >= 4 is 11.6 Å². The summed E-state index contributed by atoms with van der Waals surface area (Å²) in [6.07, 6.45) is 4.57. The first-order valence-electron chi connectivity index (χ1n) is 7.62. The molecule has 1 amide bonds. The van der Waals surface area contributed by atoms with Crippen LogP contribution in [0.5, 0.6) is 0 Å². The number of rotatable bonds is 5. The Hall–Kier alpha value is -2.29. The van der Waals surface area contributed by atoms with Crippen LogP contribution in [0, 0.1) is 17.4 Å². The van der Waals surface area contributed by atoms with Crippen molar-refractivity contribution in [1.82, 2.24) is 15.2 Å². The van der Waals surface area contributed by atoms with Gasteiger partial charge < -0.3 is 15.1 Å². The smallest absolute Gasteiger partial charge is 0.270 e. The fraction of sp³-hybridized carbons (Fsp3) is 0.562. The van der Waals surface area contributed by atoms with Gasteiger partial charge in [0.05, 0.1) is 0 Å². The second-order valence-corrected chi connectivity index (χ2v) is 6.18. The van der Waals surface area contributed by atoms with Crippen LogP contribution >= 0.6 is 0 Å². The van der Waals surface area contributed by atoms with E-state index in [1.165, 1.54) is 0 Å². The highest BCUT2D eigenvalue weighted by Gasteiger charge is 2.23. The zero-order valence-corrected chi connectivity index (χ0v) is 13.4. The van der Waals surface area contributed by atoms with Crippen molar-refractivity contribution < 1.29 is 4.79 Å². The molecule has 6 heteroatoms. The molecule has 1 unspecified atom stereocenters. The van der Waals surface area contributed by atoms with E-state index in [-0.39, 0.29) is 11.9 Å². The van der Waals surface area contributed by atoms with Crippen molar-refractivity contribution in [2.24, 2.45) is 5.92 Å². The quantitative estimate of drug-likeness (QED) is 0.834. The van der Waals surface area contributed by atoms with E-state index in [0.29, 0.717) is 24.7 Å². The van der Waals surface area contributed by atoms with Crippen LogP contribution in [0.4, 0.5) is 5.69 Å². The summed E-state index contributed by atoms with van der Waals surface area (Å²) in [5, 5.41) is 11.8. The first kappa shape index (κ1) is 16.1. The third-order valence-corrected chi connectivity index (χ3v) is 3.72. The van der Waals surface area contributed by atoms with E-state index in [1.54, 1.807) is 11.1 Å². The molecule has 2 heterocycles. The molecular formula is C16H23N5O. The highest BCUT2D eigenvalue weighted by Crippen LogP contribution is 2.15. The molecule has 0 bridgehead atoms. The number of hydrogen-bond acceptors (Lipinski definition) is 5. The van der Waals surface area contributed by atoms with Crippen molar-refractivity contribution in [2.45, 2.75) is 26.3 Å². The average molecular weight is 301 g/mol. The maximum absolute atomic E-state index is 12.3. The van der Waals surface area contributed by atoms with Gasteiger partial charge in [-0.05, 0) is 24.5 Å². The summed E-state index contributed by atoms with van der Waals surface area (Å²) in [4.78, 5) is 20.2. The van der Waals surface area contributed by atoms with Crippen molar-refractivity contribution in [3.05, 3.63) is 24.0 Å². The molecule has 1 aromatic heterocycles. The first-order chi connectivity index (χ1) is 10.5. The largest absolute Gasteiger partial charge is 0.374 e. The van der Waals surface area contributed by atoms with Gasteiger partial charge in [-0.25, -0.2) is 0 Å². The molecule has 22 heavy (non-hydrogen) atoms. The Balaban J connectivity index is 2.00. The highest BCUT2D eigenvalue weighted by molar-refractivity contribution is 5.93. The molecule has 2 rings (SSSR count). The Kier molecular flexibility index (Phi) is 5.21. The molecule has 1 saturated heterocycles. The second kappa shape index (κ2) is 7.12. The molecule has 0 aliphatic carbocycles. The van der Waals surface area contributed by atoms with E-state index in [1.807, 2.05) is 19.2 Å². The van der Waals surface area contributed by atoms with Gasteiger partial charge in [-0.1, -0.05) is 13.8 Å². The van der Waals surface area contributed by atoms with Crippen LogP contribution in [0.25, 0.3) is 0 Å². The van der Waals surface area contributed by atoms with Crippen molar-refractivity contribution in [3.8, 4) is 6.19 Å². The van der Waals surface area contributed by atoms with Crippen LogP contribution < -0.4 is 10.2 Å². The normalized spacial score (nSPS) is 17.4. The van der Waals surface area contributed by atoms with Crippen molar-refractivity contribution in [3.63, 3.8) is 0 Å². The summed E-state index contributed by atoms with van der Waals surface area (Å²) in [6, 6.07) is 3.74. The molecule has 0 radical (unpaired) electrons. The lowest BCUT2D eigenvalue weighted by Crippen LogP contribution is -2.37. The van der Waals surface area contributed by atoms with Gasteiger partial charge >= 0.3 is 0 Å². The van der Waals surface area contributed by atoms with Crippen molar-refractivity contribution in [2.75, 3.05) is 31.6 Å². The summed E-state index contributed by atoms with van der Waals surface area (Å²) in [6.45, 7) is 6.52. The summed E-state index contributed by atoms with van der Waals surface area (Å²) in [5.74, 6) is 0.371. The number of anilines is 1. The number of pyridine rings is 1. The third-order valence-electron chi connectivity index (χ3n) is 3.72. The summed E-state index contributed by atoms with van der Waals surface area (Å²) >= 11 is 0. The van der Waals surface area contributed by atoms with E-state index < -0.39 is 0 Å². The Labute approximate surface area is 131 Å². The highest BCUT2D eigenvalue weighted by atomic mass is 16.1. The fourth-order valence-electron chi connectivity index (χ4n) is 2.66. The van der Waals surface area contributed by atoms with Crippen LogP contribution in [-0.2, 0) is 0 Å². The third kappa shape index (κ3) is 4.10. The monoisotopic (exact) mass is 301 g/mol. The van der Waals surface area contributed by atoms with Gasteiger partial charge in [-0.2, -0.15) is 5.26 Å². The SMILES string of the molecule is CC(C)CN(C)c1ccnc(C(=O)NC2CCN(C#N)C2)c1. The molecule has 1 fully saturated rings. The number of nitrogens with zero attached hydrogens (tertiary/aromatic N) is 4. The number of carbonyl (C=O) groups excluding carboxylic acids is 1. The molecule has 1 aliphatic rings. The number of hydrogen-bond donors (Lipinski definition) is 1. The summed E-state index contributed by atoms with van der Waals surface area (Å²) < 4.78 is 0. The molecule has 1 aromatic rings. The minimum Gasteiger partial charge on any atom is -0.374 e. The molecule has 1 aliphatic heterocycles. The van der Waals surface area contributed by atoms with Gasteiger partial charge in [0.2, 0.25) is 0 Å². The lowest BCUT2D eigenvalue weighted by Gasteiger charge is -2.21. The number of amides is 1. The Bertz CT molecular complexity index is 566. The molecule has 118 valence electrons. The van der Waals surface area contributed by atoms with Gasteiger partial charge in [0, 0.05) is 44.6 Å². The van der Waals surface area contributed by atoms with E-state index in [0.717, 1.165) is 18.7 Å². The number of nitrogens with one attached hydrogen (secondary N) is 1. The number of nitriles is 1. The molecule has 0 spiro atoms. The van der Waals surface area contributed by atoms with Gasteiger partial charge in [-0.3, -0.25) is 9.78 Å². The predicted octanol–water partition coefficient (Wildman–Crippen LogP) is 1.46. The summed E-state index contributed by atoms with van der Waals surface area (Å²) in [5.41, 5.74) is 1.41. The molecule has 1 atom stereocenters. The lowest BCUT2D eigenvalue weighted by molar-refractivity contribution is 0.0934. The van der Waals surface area contributed by atoms with E-state index in [2.05, 4.69) is 35.2 Å². The number of carbonyl (C=O) groups is 1. The standard InChI is InChI=1S/C16H23N5O/c1-12(2)9-20(3)14-4-6-18-15(8-14)16(22)19-13-5-7-21(10-13)11-17/h4,6,8,12-13H,5,7,9-10H2,1-3H3,(H,19,22). The van der Waals surface area contributed by atoms with Gasteiger partial charge in [0.15, 0.2) is 6.19 Å². The molecule has 6 nitrogen and oxygen atoms in total. The zero-order valence-electron chi connectivity index (χ0n) is 13.4. The second-order valence-electron chi connectivity index (χ2n) is 6.18. The van der Waals surface area contributed by atoms with E-state index in [4.69, 9.17) is 5.26 Å². The maximum atomic E-state index is 12.3. The van der Waals surface area contributed by atoms with Crippen LogP contribution in [0.2, 0.25) is 0 Å². The fourth-order valence-corrected chi connectivity index (χ4v) is 2.66. The van der Waals surface area contributed by atoms with Gasteiger partial charge in [-0.15, -0.1) is 0 Å². The molecule has 0 saturated carbocycles. The van der Waals surface area contributed by atoms with E-state index in [9.17, 15) is 4.79 Å². The minimum atomic E-state index is -0.176. The number of likely N-dealkylation sites (tertiary alicyclic amines) is 1. The number of aromatic nitrogens is 1. The maximum Gasteiger partial charge on any atom is 0.270 e. The van der Waals surface area contributed by atoms with Gasteiger partial charge in [0.1, 0.15) is 5.69 Å². The summed E-state index contributed by atoms with van der Waals surface area (Å²) in [7, 11) is 2.01. The average Bonchev–Trinajstić information content (AvgIpc) is 2.94. The molecule has 1 N–H and O–H groups in total. The Morgan fingerprint density at radius 3 is 3.05 bits per heavy atom. The van der Waals surface area contributed by atoms with E-state index >= 15 is 0 Å². The Morgan fingerprint density at radius 2 is 2.41 bits per heavy atom. The topological polar surface area (TPSA) is 72.3 Å². The first-order valence-corrected chi connectivity index (χ1v) is 7.62. The van der Waals surface area contributed by atoms with Crippen LogP contribution in [0.1, 0.15) is 30.8 Å². The minimum absolute atomic E-state index is 0.0194. The molecule has 0 aromatic carbocycles. The predicted molar refractivity (Wildman–Crippen MR) is 85.4 cm³/mol. The lowest BCUT2D eigenvalue weighted by atomic mass is 10.2.